The number of hydrogen-bond acceptors (Lipinski definition) is 3. The molecule has 0 spiro atoms. The highest BCUT2D eigenvalue weighted by molar-refractivity contribution is 5.92. The average molecular weight is 459 g/mol. The Balaban J connectivity index is 0.00000289. The van der Waals surface area contributed by atoms with E-state index in [2.05, 4.69) is 10.6 Å². The lowest BCUT2D eigenvalue weighted by atomic mass is 9.97. The minimum Gasteiger partial charge on any atom is -0.489 e. The van der Waals surface area contributed by atoms with E-state index in [1.54, 1.807) is 18.2 Å². The van der Waals surface area contributed by atoms with E-state index >= 15 is 0 Å². The van der Waals surface area contributed by atoms with E-state index in [4.69, 9.17) is 4.74 Å². The van der Waals surface area contributed by atoms with Crippen LogP contribution in [0.15, 0.2) is 66.7 Å². The van der Waals surface area contributed by atoms with Gasteiger partial charge in [0.05, 0.1) is 0 Å². The fraction of sp³-hybridized carbons (Fsp3) is 0.240. The van der Waals surface area contributed by atoms with Crippen molar-refractivity contribution < 1.29 is 18.3 Å². The minimum absolute atomic E-state index is 0. The van der Waals surface area contributed by atoms with Crippen molar-refractivity contribution in [1.82, 2.24) is 5.32 Å². The molecular formula is C25H25ClF2N2O2. The molecule has 1 aliphatic heterocycles. The van der Waals surface area contributed by atoms with Crippen LogP contribution in [-0.4, -0.2) is 19.0 Å². The minimum atomic E-state index is -0.597. The smallest absolute Gasteiger partial charge is 0.227 e. The summed E-state index contributed by atoms with van der Waals surface area (Å²) in [5, 5.41) is 6.24. The van der Waals surface area contributed by atoms with Crippen molar-refractivity contribution in [2.75, 3.05) is 18.4 Å². The van der Waals surface area contributed by atoms with Gasteiger partial charge in [-0.3, -0.25) is 4.79 Å². The molecule has 1 heterocycles. The predicted molar refractivity (Wildman–Crippen MR) is 124 cm³/mol. The van der Waals surface area contributed by atoms with E-state index in [0.29, 0.717) is 29.2 Å². The van der Waals surface area contributed by atoms with Crippen LogP contribution in [0.1, 0.15) is 18.4 Å². The lowest BCUT2D eigenvalue weighted by Gasteiger charge is -2.21. The Hall–Kier alpha value is -2.96. The number of carbonyl (C=O) groups excluding carboxylic acids is 1. The molecule has 3 aromatic rings. The summed E-state index contributed by atoms with van der Waals surface area (Å²) in [7, 11) is 0. The second-order valence-corrected chi connectivity index (χ2v) is 7.65. The van der Waals surface area contributed by atoms with Gasteiger partial charge in [0, 0.05) is 29.3 Å². The maximum atomic E-state index is 14.0. The molecule has 4 nitrogen and oxygen atoms in total. The Labute approximate surface area is 192 Å². The molecule has 0 radical (unpaired) electrons. The SMILES string of the molecule is Cl.O=C(Nc1cccc(OCc2ccc(-c3ccc(F)cc3F)cc2)c1)C1CCNCC1. The first-order valence-corrected chi connectivity index (χ1v) is 10.4. The molecule has 7 heteroatoms. The summed E-state index contributed by atoms with van der Waals surface area (Å²) < 4.78 is 32.9. The van der Waals surface area contributed by atoms with Gasteiger partial charge < -0.3 is 15.4 Å². The highest BCUT2D eigenvalue weighted by atomic mass is 35.5. The third-order valence-corrected chi connectivity index (χ3v) is 5.41. The fourth-order valence-electron chi connectivity index (χ4n) is 3.66. The summed E-state index contributed by atoms with van der Waals surface area (Å²) in [6.07, 6.45) is 1.69. The van der Waals surface area contributed by atoms with Gasteiger partial charge in [0.25, 0.3) is 0 Å². The number of amides is 1. The maximum absolute atomic E-state index is 14.0. The molecule has 0 aromatic heterocycles. The summed E-state index contributed by atoms with van der Waals surface area (Å²) in [5.41, 5.74) is 2.65. The largest absolute Gasteiger partial charge is 0.489 e. The van der Waals surface area contributed by atoms with Gasteiger partial charge in [0.15, 0.2) is 0 Å². The standard InChI is InChI=1S/C25H24F2N2O2.ClH/c26-20-8-9-23(24(27)14-20)18-6-4-17(5-7-18)16-31-22-3-1-2-21(15-22)29-25(30)19-10-12-28-13-11-19;/h1-9,14-15,19,28H,10-13,16H2,(H,29,30);1H. The lowest BCUT2D eigenvalue weighted by Crippen LogP contribution is -2.34. The molecule has 0 bridgehead atoms. The Kier molecular flexibility index (Phi) is 8.20. The van der Waals surface area contributed by atoms with Crippen LogP contribution in [0.25, 0.3) is 11.1 Å². The first-order valence-electron chi connectivity index (χ1n) is 10.4. The van der Waals surface area contributed by atoms with E-state index < -0.39 is 11.6 Å². The Morgan fingerprint density at radius 1 is 1.00 bits per heavy atom. The predicted octanol–water partition coefficient (Wildman–Crippen LogP) is 5.57. The Bertz CT molecular complexity index is 1050. The van der Waals surface area contributed by atoms with Gasteiger partial charge in [-0.15, -0.1) is 12.4 Å². The second kappa shape index (κ2) is 11.1. The van der Waals surface area contributed by atoms with Crippen LogP contribution in [0.4, 0.5) is 14.5 Å². The number of piperidine rings is 1. The van der Waals surface area contributed by atoms with E-state index in [0.717, 1.165) is 37.6 Å². The highest BCUT2D eigenvalue weighted by Gasteiger charge is 2.20. The van der Waals surface area contributed by atoms with E-state index in [-0.39, 0.29) is 24.2 Å². The van der Waals surface area contributed by atoms with Gasteiger partial charge in [-0.05, 0) is 61.3 Å². The maximum Gasteiger partial charge on any atom is 0.227 e. The number of hydrogen-bond donors (Lipinski definition) is 2. The van der Waals surface area contributed by atoms with Gasteiger partial charge in [0.1, 0.15) is 24.0 Å². The van der Waals surface area contributed by atoms with Gasteiger partial charge >= 0.3 is 0 Å². The van der Waals surface area contributed by atoms with Crippen molar-refractivity contribution in [2.24, 2.45) is 5.92 Å². The zero-order valence-corrected chi connectivity index (χ0v) is 18.3. The molecule has 32 heavy (non-hydrogen) atoms. The average Bonchev–Trinajstić information content (AvgIpc) is 2.79. The van der Waals surface area contributed by atoms with Gasteiger partial charge in [-0.25, -0.2) is 8.78 Å². The van der Waals surface area contributed by atoms with E-state index in [1.165, 1.54) is 12.1 Å². The molecule has 168 valence electrons. The molecule has 1 aliphatic rings. The van der Waals surface area contributed by atoms with Gasteiger partial charge in [-0.1, -0.05) is 30.3 Å². The van der Waals surface area contributed by atoms with Crippen molar-refractivity contribution in [1.29, 1.82) is 0 Å². The molecule has 0 aliphatic carbocycles. The zero-order valence-electron chi connectivity index (χ0n) is 17.4. The third-order valence-electron chi connectivity index (χ3n) is 5.41. The molecular weight excluding hydrogens is 434 g/mol. The molecule has 4 rings (SSSR count). The van der Waals surface area contributed by atoms with E-state index in [1.807, 2.05) is 30.3 Å². The van der Waals surface area contributed by atoms with Crippen molar-refractivity contribution in [2.45, 2.75) is 19.4 Å². The van der Waals surface area contributed by atoms with Crippen molar-refractivity contribution in [3.63, 3.8) is 0 Å². The normalized spacial score (nSPS) is 13.8. The molecule has 0 unspecified atom stereocenters. The first-order chi connectivity index (χ1) is 15.1. The van der Waals surface area contributed by atoms with Crippen LogP contribution in [0.5, 0.6) is 5.75 Å². The van der Waals surface area contributed by atoms with Gasteiger partial charge in [-0.2, -0.15) is 0 Å². The van der Waals surface area contributed by atoms with E-state index in [9.17, 15) is 13.6 Å². The summed E-state index contributed by atoms with van der Waals surface area (Å²) in [5.74, 6) is -0.456. The molecule has 0 saturated carbocycles. The second-order valence-electron chi connectivity index (χ2n) is 7.65. The fourth-order valence-corrected chi connectivity index (χ4v) is 3.66. The highest BCUT2D eigenvalue weighted by Crippen LogP contribution is 2.25. The number of rotatable bonds is 6. The number of anilines is 1. The number of benzene rings is 3. The Morgan fingerprint density at radius 2 is 1.75 bits per heavy atom. The zero-order chi connectivity index (χ0) is 21.6. The van der Waals surface area contributed by atoms with Crippen molar-refractivity contribution in [3.8, 4) is 16.9 Å². The van der Waals surface area contributed by atoms with Gasteiger partial charge in [0.2, 0.25) is 5.91 Å². The lowest BCUT2D eigenvalue weighted by molar-refractivity contribution is -0.120. The van der Waals surface area contributed by atoms with Crippen molar-refractivity contribution in [3.05, 3.63) is 83.9 Å². The van der Waals surface area contributed by atoms with Crippen LogP contribution >= 0.6 is 12.4 Å². The molecule has 3 aromatic carbocycles. The first kappa shape index (κ1) is 23.7. The summed E-state index contributed by atoms with van der Waals surface area (Å²) >= 11 is 0. The summed E-state index contributed by atoms with van der Waals surface area (Å²) in [4.78, 5) is 12.4. The number of ether oxygens (including phenoxy) is 1. The quantitative estimate of drug-likeness (QED) is 0.507. The van der Waals surface area contributed by atoms with Crippen LogP contribution in [0, 0.1) is 17.6 Å². The molecule has 2 N–H and O–H groups in total. The molecule has 1 amide bonds. The summed E-state index contributed by atoms with van der Waals surface area (Å²) in [6, 6.07) is 18.1. The monoisotopic (exact) mass is 458 g/mol. The number of nitrogens with one attached hydrogen (secondary N) is 2. The van der Waals surface area contributed by atoms with Crippen LogP contribution in [0.2, 0.25) is 0 Å². The Morgan fingerprint density at radius 3 is 2.47 bits per heavy atom. The van der Waals surface area contributed by atoms with Crippen LogP contribution < -0.4 is 15.4 Å². The number of halogens is 3. The number of carbonyl (C=O) groups is 1. The van der Waals surface area contributed by atoms with Crippen LogP contribution in [-0.2, 0) is 11.4 Å². The molecule has 1 fully saturated rings. The topological polar surface area (TPSA) is 50.4 Å². The summed E-state index contributed by atoms with van der Waals surface area (Å²) in [6.45, 7) is 2.07. The molecule has 1 saturated heterocycles. The molecule has 0 atom stereocenters. The third kappa shape index (κ3) is 6.05. The van der Waals surface area contributed by atoms with Crippen LogP contribution in [0.3, 0.4) is 0 Å². The van der Waals surface area contributed by atoms with Crippen molar-refractivity contribution >= 4 is 24.0 Å².